The van der Waals surface area contributed by atoms with Gasteiger partial charge in [-0.15, -0.1) is 0 Å². The summed E-state index contributed by atoms with van der Waals surface area (Å²) in [4.78, 5) is 25.8. The van der Waals surface area contributed by atoms with Crippen molar-refractivity contribution in [2.45, 2.75) is 26.3 Å². The summed E-state index contributed by atoms with van der Waals surface area (Å²) in [6, 6.07) is -0.430. The first kappa shape index (κ1) is 15.9. The molecule has 2 amide bonds. The number of rotatable bonds is 6. The third-order valence-electron chi connectivity index (χ3n) is 3.18. The normalized spacial score (nSPS) is 18.1. The number of nitrogens with zero attached hydrogens (tertiary/aromatic N) is 1. The Morgan fingerprint density at radius 2 is 1.89 bits per heavy atom. The molecule has 1 aliphatic rings. The summed E-state index contributed by atoms with van der Waals surface area (Å²) >= 11 is 0. The van der Waals surface area contributed by atoms with Gasteiger partial charge in [0.2, 0.25) is 11.8 Å². The third-order valence-corrected chi connectivity index (χ3v) is 3.18. The van der Waals surface area contributed by atoms with Gasteiger partial charge < -0.3 is 16.0 Å². The molecule has 0 aromatic rings. The summed E-state index contributed by atoms with van der Waals surface area (Å²) in [7, 11) is 1.60. The van der Waals surface area contributed by atoms with Crippen molar-refractivity contribution in [1.29, 1.82) is 0 Å². The highest BCUT2D eigenvalue weighted by Crippen LogP contribution is 2.05. The van der Waals surface area contributed by atoms with Gasteiger partial charge in [-0.2, -0.15) is 0 Å². The molecule has 6 nitrogen and oxygen atoms in total. The van der Waals surface area contributed by atoms with Gasteiger partial charge in [0, 0.05) is 33.2 Å². The van der Waals surface area contributed by atoms with Crippen molar-refractivity contribution in [3.63, 3.8) is 0 Å². The van der Waals surface area contributed by atoms with E-state index in [4.69, 9.17) is 0 Å². The zero-order valence-corrected chi connectivity index (χ0v) is 12.2. The highest BCUT2D eigenvalue weighted by atomic mass is 16.2. The molecule has 1 atom stereocenters. The number of amides is 2. The van der Waals surface area contributed by atoms with Gasteiger partial charge in [-0.3, -0.25) is 14.5 Å². The van der Waals surface area contributed by atoms with Crippen molar-refractivity contribution in [3.8, 4) is 0 Å². The Morgan fingerprint density at radius 1 is 1.26 bits per heavy atom. The fourth-order valence-electron chi connectivity index (χ4n) is 2.19. The van der Waals surface area contributed by atoms with Crippen LogP contribution in [0.25, 0.3) is 0 Å². The van der Waals surface area contributed by atoms with Gasteiger partial charge in [0.05, 0.1) is 6.54 Å². The molecule has 0 bridgehead atoms. The smallest absolute Gasteiger partial charge is 0.242 e. The number of carbonyl (C=O) groups excluding carboxylic acids is 2. The second-order valence-corrected chi connectivity index (χ2v) is 5.39. The molecule has 1 aliphatic heterocycles. The number of nitrogens with one attached hydrogen (secondary N) is 3. The van der Waals surface area contributed by atoms with Crippen molar-refractivity contribution in [2.24, 2.45) is 5.92 Å². The Bertz CT molecular complexity index is 301. The molecule has 1 rings (SSSR count). The highest BCUT2D eigenvalue weighted by molar-refractivity contribution is 5.88. The van der Waals surface area contributed by atoms with Crippen LogP contribution < -0.4 is 16.0 Å². The Morgan fingerprint density at radius 3 is 2.42 bits per heavy atom. The first-order chi connectivity index (χ1) is 9.02. The Hall–Kier alpha value is -1.14. The first-order valence-electron chi connectivity index (χ1n) is 6.97. The highest BCUT2D eigenvalue weighted by Gasteiger charge is 2.22. The lowest BCUT2D eigenvalue weighted by molar-refractivity contribution is -0.129. The third kappa shape index (κ3) is 6.02. The van der Waals surface area contributed by atoms with E-state index in [1.165, 1.54) is 0 Å². The van der Waals surface area contributed by atoms with Crippen molar-refractivity contribution in [2.75, 3.05) is 39.8 Å². The van der Waals surface area contributed by atoms with Crippen LogP contribution in [0.5, 0.6) is 0 Å². The lowest BCUT2D eigenvalue weighted by Crippen LogP contribution is -2.52. The first-order valence-corrected chi connectivity index (χ1v) is 6.97. The van der Waals surface area contributed by atoms with Crippen molar-refractivity contribution >= 4 is 11.8 Å². The number of likely N-dealkylation sites (N-methyl/N-ethyl adjacent to an activating group) is 1. The van der Waals surface area contributed by atoms with Gasteiger partial charge in [-0.1, -0.05) is 13.8 Å². The summed E-state index contributed by atoms with van der Waals surface area (Å²) in [6.07, 6.45) is 0.660. The average Bonchev–Trinajstić information content (AvgIpc) is 2.37. The molecular weight excluding hydrogens is 244 g/mol. The number of hydrogen-bond donors (Lipinski definition) is 3. The molecule has 1 saturated heterocycles. The van der Waals surface area contributed by atoms with Gasteiger partial charge in [-0.25, -0.2) is 0 Å². The maximum Gasteiger partial charge on any atom is 0.242 e. The predicted molar refractivity (Wildman–Crippen MR) is 74.8 cm³/mol. The van der Waals surface area contributed by atoms with Crippen molar-refractivity contribution in [3.05, 3.63) is 0 Å². The van der Waals surface area contributed by atoms with Crippen LogP contribution in [0.4, 0.5) is 0 Å². The zero-order valence-electron chi connectivity index (χ0n) is 12.2. The molecule has 0 aliphatic carbocycles. The molecule has 0 saturated carbocycles. The molecule has 0 spiro atoms. The second kappa shape index (κ2) is 8.12. The van der Waals surface area contributed by atoms with Crippen LogP contribution in [0.2, 0.25) is 0 Å². The summed E-state index contributed by atoms with van der Waals surface area (Å²) in [6.45, 7) is 8.03. The molecule has 6 heteroatoms. The number of carbonyl (C=O) groups is 2. The number of hydrogen-bond acceptors (Lipinski definition) is 4. The quantitative estimate of drug-likeness (QED) is 0.589. The maximum atomic E-state index is 12.0. The lowest BCUT2D eigenvalue weighted by Gasteiger charge is -2.27. The van der Waals surface area contributed by atoms with Crippen LogP contribution in [0.3, 0.4) is 0 Å². The minimum absolute atomic E-state index is 0.0730. The number of piperazine rings is 1. The van der Waals surface area contributed by atoms with Crippen LogP contribution in [0.15, 0.2) is 0 Å². The van der Waals surface area contributed by atoms with Gasteiger partial charge in [-0.05, 0) is 12.3 Å². The van der Waals surface area contributed by atoms with Gasteiger partial charge >= 0.3 is 0 Å². The maximum absolute atomic E-state index is 12.0. The molecule has 3 N–H and O–H groups in total. The average molecular weight is 270 g/mol. The standard InChI is InChI=1S/C13H26N4O2/c1-10(2)8-11(13(19)14-3)16-12(18)9-17-6-4-15-5-7-17/h10-11,15H,4-9H2,1-3H3,(H,14,19)(H,16,18). The molecular formula is C13H26N4O2. The Kier molecular flexibility index (Phi) is 6.80. The molecule has 110 valence electrons. The van der Waals surface area contributed by atoms with Gasteiger partial charge in [0.1, 0.15) is 6.04 Å². The lowest BCUT2D eigenvalue weighted by atomic mass is 10.0. The van der Waals surface area contributed by atoms with Crippen LogP contribution in [-0.2, 0) is 9.59 Å². The van der Waals surface area contributed by atoms with E-state index in [-0.39, 0.29) is 11.8 Å². The largest absolute Gasteiger partial charge is 0.357 e. The minimum Gasteiger partial charge on any atom is -0.357 e. The van der Waals surface area contributed by atoms with Gasteiger partial charge in [0.25, 0.3) is 0 Å². The topological polar surface area (TPSA) is 73.5 Å². The Labute approximate surface area is 115 Å². The summed E-state index contributed by atoms with van der Waals surface area (Å²) in [5.74, 6) is 0.167. The van der Waals surface area contributed by atoms with Crippen LogP contribution in [0, 0.1) is 5.92 Å². The minimum atomic E-state index is -0.430. The van der Waals surface area contributed by atoms with E-state index in [0.717, 1.165) is 26.2 Å². The fourth-order valence-corrected chi connectivity index (χ4v) is 2.19. The SMILES string of the molecule is CNC(=O)C(CC(C)C)NC(=O)CN1CCNCC1. The Balaban J connectivity index is 2.43. The summed E-state index contributed by atoms with van der Waals surface area (Å²) in [5, 5.41) is 8.68. The monoisotopic (exact) mass is 270 g/mol. The van der Waals surface area contributed by atoms with E-state index in [9.17, 15) is 9.59 Å². The molecule has 0 radical (unpaired) electrons. The molecule has 19 heavy (non-hydrogen) atoms. The second-order valence-electron chi connectivity index (χ2n) is 5.39. The predicted octanol–water partition coefficient (Wildman–Crippen LogP) is -0.831. The van der Waals surface area contributed by atoms with Crippen LogP contribution >= 0.6 is 0 Å². The molecule has 0 aromatic heterocycles. The van der Waals surface area contributed by atoms with E-state index in [2.05, 4.69) is 20.9 Å². The summed E-state index contributed by atoms with van der Waals surface area (Å²) in [5.41, 5.74) is 0. The fraction of sp³-hybridized carbons (Fsp3) is 0.846. The van der Waals surface area contributed by atoms with E-state index in [1.54, 1.807) is 7.05 Å². The molecule has 1 unspecified atom stereocenters. The van der Waals surface area contributed by atoms with Crippen LogP contribution in [-0.4, -0.2) is 62.5 Å². The van der Waals surface area contributed by atoms with Crippen molar-refractivity contribution in [1.82, 2.24) is 20.9 Å². The molecule has 1 heterocycles. The van der Waals surface area contributed by atoms with E-state index >= 15 is 0 Å². The van der Waals surface area contributed by atoms with E-state index in [0.29, 0.717) is 18.9 Å². The van der Waals surface area contributed by atoms with Crippen molar-refractivity contribution < 1.29 is 9.59 Å². The summed E-state index contributed by atoms with van der Waals surface area (Å²) < 4.78 is 0. The van der Waals surface area contributed by atoms with Crippen LogP contribution in [0.1, 0.15) is 20.3 Å². The zero-order chi connectivity index (χ0) is 14.3. The molecule has 1 fully saturated rings. The van der Waals surface area contributed by atoms with Gasteiger partial charge in [0.15, 0.2) is 0 Å². The van der Waals surface area contributed by atoms with E-state index in [1.807, 2.05) is 13.8 Å². The molecule has 0 aromatic carbocycles. The van der Waals surface area contributed by atoms with E-state index < -0.39 is 6.04 Å².